The normalized spacial score (nSPS) is 16.1. The van der Waals surface area contributed by atoms with Crippen LogP contribution < -0.4 is 14.4 Å². The summed E-state index contributed by atoms with van der Waals surface area (Å²) >= 11 is 0. The standard InChI is InChI=1S/C22H27FN2O4S/c1-15(2)12-25-19-9-8-18(11-20(19)29-14-22(3,4)21(25)26)24-30(27,28)13-16-6-5-7-17(23)10-16/h5-11,15,24H,12-14H2,1-4H3. The fourth-order valence-electron chi connectivity index (χ4n) is 3.32. The van der Waals surface area contributed by atoms with E-state index in [1.54, 1.807) is 29.2 Å². The molecule has 30 heavy (non-hydrogen) atoms. The smallest absolute Gasteiger partial charge is 0.236 e. The topological polar surface area (TPSA) is 75.7 Å². The number of sulfonamides is 1. The molecular weight excluding hydrogens is 407 g/mol. The van der Waals surface area contributed by atoms with E-state index in [0.717, 1.165) is 0 Å². The first-order chi connectivity index (χ1) is 14.0. The molecule has 0 aromatic heterocycles. The molecule has 1 aliphatic heterocycles. The van der Waals surface area contributed by atoms with Crippen molar-refractivity contribution in [3.8, 4) is 5.75 Å². The number of halogens is 1. The fourth-order valence-corrected chi connectivity index (χ4v) is 4.50. The molecule has 2 aromatic carbocycles. The van der Waals surface area contributed by atoms with Gasteiger partial charge in [-0.1, -0.05) is 26.0 Å². The van der Waals surface area contributed by atoms with Crippen molar-refractivity contribution in [2.75, 3.05) is 22.8 Å². The van der Waals surface area contributed by atoms with E-state index in [1.165, 1.54) is 18.2 Å². The van der Waals surface area contributed by atoms with Crippen molar-refractivity contribution in [1.29, 1.82) is 0 Å². The van der Waals surface area contributed by atoms with Crippen LogP contribution in [0.3, 0.4) is 0 Å². The fraction of sp³-hybridized carbons (Fsp3) is 0.409. The number of amides is 1. The lowest BCUT2D eigenvalue weighted by molar-refractivity contribution is -0.127. The van der Waals surface area contributed by atoms with Crippen LogP contribution in [-0.2, 0) is 20.6 Å². The van der Waals surface area contributed by atoms with Crippen LogP contribution in [-0.4, -0.2) is 27.5 Å². The number of hydrogen-bond donors (Lipinski definition) is 1. The number of anilines is 2. The van der Waals surface area contributed by atoms with Crippen LogP contribution >= 0.6 is 0 Å². The second kappa shape index (κ2) is 8.26. The highest BCUT2D eigenvalue weighted by atomic mass is 32.2. The Bertz CT molecular complexity index is 1050. The molecule has 162 valence electrons. The van der Waals surface area contributed by atoms with E-state index in [1.807, 2.05) is 27.7 Å². The van der Waals surface area contributed by atoms with Gasteiger partial charge in [0, 0.05) is 12.6 Å². The third-order valence-corrected chi connectivity index (χ3v) is 5.99. The van der Waals surface area contributed by atoms with Crippen molar-refractivity contribution in [2.24, 2.45) is 11.3 Å². The lowest BCUT2D eigenvalue weighted by atomic mass is 9.92. The number of benzene rings is 2. The lowest BCUT2D eigenvalue weighted by Crippen LogP contribution is -2.43. The van der Waals surface area contributed by atoms with Crippen LogP contribution in [0.4, 0.5) is 15.8 Å². The summed E-state index contributed by atoms with van der Waals surface area (Å²) in [5.74, 6) is -0.179. The van der Waals surface area contributed by atoms with E-state index in [-0.39, 0.29) is 24.2 Å². The summed E-state index contributed by atoms with van der Waals surface area (Å²) in [6.07, 6.45) is 0. The summed E-state index contributed by atoms with van der Waals surface area (Å²) in [6, 6.07) is 10.4. The van der Waals surface area contributed by atoms with Gasteiger partial charge in [-0.25, -0.2) is 12.8 Å². The molecule has 0 radical (unpaired) electrons. The first-order valence-corrected chi connectivity index (χ1v) is 11.5. The van der Waals surface area contributed by atoms with Gasteiger partial charge in [0.25, 0.3) is 0 Å². The average molecular weight is 435 g/mol. The lowest BCUT2D eigenvalue weighted by Gasteiger charge is -2.29. The van der Waals surface area contributed by atoms with Crippen LogP contribution in [0.25, 0.3) is 0 Å². The third-order valence-electron chi connectivity index (χ3n) is 4.73. The molecule has 1 amide bonds. The maximum absolute atomic E-state index is 13.4. The van der Waals surface area contributed by atoms with Crippen molar-refractivity contribution in [2.45, 2.75) is 33.4 Å². The Kier molecular flexibility index (Phi) is 6.08. The zero-order valence-corrected chi connectivity index (χ0v) is 18.4. The van der Waals surface area contributed by atoms with Crippen molar-refractivity contribution in [1.82, 2.24) is 0 Å². The first kappa shape index (κ1) is 22.1. The van der Waals surface area contributed by atoms with Crippen molar-refractivity contribution >= 4 is 27.3 Å². The highest BCUT2D eigenvalue weighted by molar-refractivity contribution is 7.91. The monoisotopic (exact) mass is 434 g/mol. The second-order valence-electron chi connectivity index (χ2n) is 8.66. The van der Waals surface area contributed by atoms with Crippen LogP contribution in [0.1, 0.15) is 33.3 Å². The second-order valence-corrected chi connectivity index (χ2v) is 10.4. The van der Waals surface area contributed by atoms with Gasteiger partial charge in [-0.15, -0.1) is 0 Å². The Morgan fingerprint density at radius 3 is 2.60 bits per heavy atom. The zero-order chi connectivity index (χ0) is 22.1. The molecule has 0 atom stereocenters. The van der Waals surface area contributed by atoms with Gasteiger partial charge in [0.1, 0.15) is 18.2 Å². The molecule has 6 nitrogen and oxygen atoms in total. The average Bonchev–Trinajstić information content (AvgIpc) is 2.71. The molecule has 0 saturated heterocycles. The minimum absolute atomic E-state index is 0.0330. The predicted molar refractivity (Wildman–Crippen MR) is 116 cm³/mol. The minimum Gasteiger partial charge on any atom is -0.490 e. The number of hydrogen-bond acceptors (Lipinski definition) is 4. The molecule has 0 aliphatic carbocycles. The van der Waals surface area contributed by atoms with Gasteiger partial charge in [0.15, 0.2) is 0 Å². The Labute approximate surface area is 177 Å². The SMILES string of the molecule is CC(C)CN1C(=O)C(C)(C)COc2cc(NS(=O)(=O)Cc3cccc(F)c3)ccc21. The molecule has 8 heteroatoms. The van der Waals surface area contributed by atoms with Crippen LogP contribution in [0.2, 0.25) is 0 Å². The third kappa shape index (κ3) is 5.11. The van der Waals surface area contributed by atoms with Gasteiger partial charge >= 0.3 is 0 Å². The molecule has 0 saturated carbocycles. The highest BCUT2D eigenvalue weighted by Gasteiger charge is 2.38. The van der Waals surface area contributed by atoms with Gasteiger partial charge < -0.3 is 9.64 Å². The number of rotatable bonds is 6. The Hall–Kier alpha value is -2.61. The molecule has 0 unspecified atom stereocenters. The largest absolute Gasteiger partial charge is 0.490 e. The van der Waals surface area contributed by atoms with E-state index in [4.69, 9.17) is 4.74 Å². The van der Waals surface area contributed by atoms with Gasteiger partial charge in [-0.2, -0.15) is 0 Å². The van der Waals surface area contributed by atoms with E-state index in [0.29, 0.717) is 29.2 Å². The van der Waals surface area contributed by atoms with E-state index >= 15 is 0 Å². The van der Waals surface area contributed by atoms with E-state index in [2.05, 4.69) is 4.72 Å². The Balaban J connectivity index is 1.88. The quantitative estimate of drug-likeness (QED) is 0.740. The molecule has 1 heterocycles. The molecule has 0 fully saturated rings. The summed E-state index contributed by atoms with van der Waals surface area (Å²) in [4.78, 5) is 14.7. The summed E-state index contributed by atoms with van der Waals surface area (Å²) in [5, 5.41) is 0. The van der Waals surface area contributed by atoms with Crippen LogP contribution in [0.5, 0.6) is 5.75 Å². The van der Waals surface area contributed by atoms with Crippen molar-refractivity contribution < 1.29 is 22.3 Å². The van der Waals surface area contributed by atoms with Crippen LogP contribution in [0.15, 0.2) is 42.5 Å². The summed E-state index contributed by atoms with van der Waals surface area (Å²) in [7, 11) is -3.76. The van der Waals surface area contributed by atoms with E-state index in [9.17, 15) is 17.6 Å². The first-order valence-electron chi connectivity index (χ1n) is 9.80. The van der Waals surface area contributed by atoms with E-state index < -0.39 is 21.3 Å². The van der Waals surface area contributed by atoms with Gasteiger partial charge in [0.05, 0.1) is 22.5 Å². The number of nitrogens with zero attached hydrogens (tertiary/aromatic N) is 1. The molecule has 0 spiro atoms. The van der Waals surface area contributed by atoms with Gasteiger partial charge in [0.2, 0.25) is 15.9 Å². The van der Waals surface area contributed by atoms with Gasteiger partial charge in [-0.05, 0) is 49.6 Å². The maximum Gasteiger partial charge on any atom is 0.236 e. The summed E-state index contributed by atoms with van der Waals surface area (Å²) < 4.78 is 46.8. The Morgan fingerprint density at radius 2 is 1.93 bits per heavy atom. The van der Waals surface area contributed by atoms with Crippen molar-refractivity contribution in [3.05, 3.63) is 53.8 Å². The highest BCUT2D eigenvalue weighted by Crippen LogP contribution is 2.38. The molecule has 2 aromatic rings. The molecule has 3 rings (SSSR count). The van der Waals surface area contributed by atoms with Gasteiger partial charge in [-0.3, -0.25) is 9.52 Å². The number of ether oxygens (including phenoxy) is 1. The number of carbonyl (C=O) groups is 1. The number of carbonyl (C=O) groups excluding carboxylic acids is 1. The predicted octanol–water partition coefficient (Wildman–Crippen LogP) is 4.18. The molecule has 1 N–H and O–H groups in total. The number of fused-ring (bicyclic) bond motifs is 1. The summed E-state index contributed by atoms with van der Waals surface area (Å²) in [5.41, 5.74) is 0.587. The van der Waals surface area contributed by atoms with Crippen LogP contribution in [0, 0.1) is 17.2 Å². The minimum atomic E-state index is -3.76. The molecule has 0 bridgehead atoms. The van der Waals surface area contributed by atoms with Crippen molar-refractivity contribution in [3.63, 3.8) is 0 Å². The molecule has 1 aliphatic rings. The maximum atomic E-state index is 13.4. The zero-order valence-electron chi connectivity index (χ0n) is 17.6. The summed E-state index contributed by atoms with van der Waals surface area (Å²) in [6.45, 7) is 8.44. The molecular formula is C22H27FN2O4S. The number of nitrogens with one attached hydrogen (secondary N) is 1. The Morgan fingerprint density at radius 1 is 1.20 bits per heavy atom.